The third-order valence-electron chi connectivity index (χ3n) is 3.23. The summed E-state index contributed by atoms with van der Waals surface area (Å²) < 4.78 is 18.8. The lowest BCUT2D eigenvalue weighted by Gasteiger charge is -2.12. The van der Waals surface area contributed by atoms with Gasteiger partial charge in [-0.25, -0.2) is 9.07 Å². The molecular formula is C14H15FN4O4. The summed E-state index contributed by atoms with van der Waals surface area (Å²) in [5.74, 6) is -0.896. The molecule has 0 aliphatic heterocycles. The van der Waals surface area contributed by atoms with Gasteiger partial charge in [0, 0.05) is 6.54 Å². The standard InChI is InChI=1S/C14H15FN4O4/c1-9(18-8-12(19(21)22)14(17-18)23-2)13(20)16-7-10-3-5-11(15)6-4-10/h3-6,8-9H,7H2,1-2H3,(H,16,20). The van der Waals surface area contributed by atoms with E-state index in [1.807, 2.05) is 0 Å². The number of methoxy groups -OCH3 is 1. The van der Waals surface area contributed by atoms with Crippen molar-refractivity contribution in [3.63, 3.8) is 0 Å². The fourth-order valence-corrected chi connectivity index (χ4v) is 1.89. The molecule has 2 rings (SSSR count). The molecule has 1 aromatic heterocycles. The van der Waals surface area contributed by atoms with E-state index in [9.17, 15) is 19.3 Å². The van der Waals surface area contributed by atoms with Gasteiger partial charge in [0.05, 0.1) is 12.0 Å². The van der Waals surface area contributed by atoms with Gasteiger partial charge in [0.1, 0.15) is 18.1 Å². The lowest BCUT2D eigenvalue weighted by Crippen LogP contribution is -2.30. The molecule has 0 aliphatic rings. The maximum Gasteiger partial charge on any atom is 0.350 e. The molecule has 0 bridgehead atoms. The van der Waals surface area contributed by atoms with E-state index in [0.717, 1.165) is 16.4 Å². The molecule has 1 unspecified atom stereocenters. The van der Waals surface area contributed by atoms with Crippen LogP contribution in [0.3, 0.4) is 0 Å². The highest BCUT2D eigenvalue weighted by Crippen LogP contribution is 2.25. The van der Waals surface area contributed by atoms with Crippen LogP contribution in [0.15, 0.2) is 30.5 Å². The second-order valence-electron chi connectivity index (χ2n) is 4.78. The van der Waals surface area contributed by atoms with Gasteiger partial charge in [0.2, 0.25) is 5.91 Å². The molecule has 122 valence electrons. The van der Waals surface area contributed by atoms with Gasteiger partial charge in [0.15, 0.2) is 0 Å². The van der Waals surface area contributed by atoms with Crippen LogP contribution in [0.2, 0.25) is 0 Å². The van der Waals surface area contributed by atoms with E-state index in [-0.39, 0.29) is 29.8 Å². The summed E-state index contributed by atoms with van der Waals surface area (Å²) in [5.41, 5.74) is 0.418. The topological polar surface area (TPSA) is 99.3 Å². The van der Waals surface area contributed by atoms with Crippen molar-refractivity contribution in [1.29, 1.82) is 0 Å². The number of hydrogen-bond acceptors (Lipinski definition) is 5. The molecule has 8 nitrogen and oxygen atoms in total. The molecule has 0 fully saturated rings. The third kappa shape index (κ3) is 3.82. The molecule has 1 heterocycles. The molecule has 9 heteroatoms. The monoisotopic (exact) mass is 322 g/mol. The average Bonchev–Trinajstić information content (AvgIpc) is 2.98. The Bertz CT molecular complexity index is 714. The zero-order chi connectivity index (χ0) is 17.0. The van der Waals surface area contributed by atoms with Crippen molar-refractivity contribution in [2.24, 2.45) is 0 Å². The van der Waals surface area contributed by atoms with Crippen LogP contribution in [-0.4, -0.2) is 27.7 Å². The van der Waals surface area contributed by atoms with Crippen LogP contribution in [0.5, 0.6) is 5.88 Å². The number of carbonyl (C=O) groups excluding carboxylic acids is 1. The van der Waals surface area contributed by atoms with E-state index in [1.54, 1.807) is 19.1 Å². The van der Waals surface area contributed by atoms with E-state index in [1.165, 1.54) is 19.2 Å². The zero-order valence-electron chi connectivity index (χ0n) is 12.5. The van der Waals surface area contributed by atoms with Crippen molar-refractivity contribution in [2.75, 3.05) is 7.11 Å². The Labute approximate surface area is 131 Å². The minimum absolute atomic E-state index is 0.159. The number of hydrogen-bond donors (Lipinski definition) is 1. The van der Waals surface area contributed by atoms with Gasteiger partial charge < -0.3 is 10.1 Å². The first-order chi connectivity index (χ1) is 10.9. The maximum atomic E-state index is 12.8. The molecule has 1 atom stereocenters. The van der Waals surface area contributed by atoms with Crippen LogP contribution < -0.4 is 10.1 Å². The van der Waals surface area contributed by atoms with Crippen molar-refractivity contribution < 1.29 is 18.8 Å². The van der Waals surface area contributed by atoms with Crippen molar-refractivity contribution in [3.8, 4) is 5.88 Å². The van der Waals surface area contributed by atoms with Crippen LogP contribution in [0.1, 0.15) is 18.5 Å². The number of nitrogens with one attached hydrogen (secondary N) is 1. The van der Waals surface area contributed by atoms with E-state index in [4.69, 9.17) is 4.74 Å². The smallest absolute Gasteiger partial charge is 0.350 e. The number of halogens is 1. The minimum Gasteiger partial charge on any atom is -0.475 e. The lowest BCUT2D eigenvalue weighted by molar-refractivity contribution is -0.385. The second-order valence-corrected chi connectivity index (χ2v) is 4.78. The Kier molecular flexibility index (Phi) is 4.89. The van der Waals surface area contributed by atoms with Gasteiger partial charge in [-0.1, -0.05) is 12.1 Å². The molecule has 2 aromatic rings. The maximum absolute atomic E-state index is 12.8. The van der Waals surface area contributed by atoms with E-state index in [0.29, 0.717) is 0 Å². The predicted molar refractivity (Wildman–Crippen MR) is 78.4 cm³/mol. The highest BCUT2D eigenvalue weighted by Gasteiger charge is 2.25. The third-order valence-corrected chi connectivity index (χ3v) is 3.23. The van der Waals surface area contributed by atoms with Crippen LogP contribution >= 0.6 is 0 Å². The normalized spacial score (nSPS) is 11.8. The van der Waals surface area contributed by atoms with Crippen molar-refractivity contribution >= 4 is 11.6 Å². The summed E-state index contributed by atoms with van der Waals surface area (Å²) in [7, 11) is 1.26. The van der Waals surface area contributed by atoms with Crippen molar-refractivity contribution in [1.82, 2.24) is 15.1 Å². The van der Waals surface area contributed by atoms with Gasteiger partial charge in [-0.05, 0) is 24.6 Å². The molecule has 0 spiro atoms. The van der Waals surface area contributed by atoms with Gasteiger partial charge in [-0.3, -0.25) is 14.9 Å². The van der Waals surface area contributed by atoms with Crippen LogP contribution in [0.4, 0.5) is 10.1 Å². The summed E-state index contributed by atoms with van der Waals surface area (Å²) in [4.78, 5) is 22.3. The lowest BCUT2D eigenvalue weighted by atomic mass is 10.2. The number of aromatic nitrogens is 2. The average molecular weight is 322 g/mol. The van der Waals surface area contributed by atoms with Gasteiger partial charge in [-0.15, -0.1) is 5.10 Å². The first kappa shape index (κ1) is 16.4. The predicted octanol–water partition coefficient (Wildman–Crippen LogP) is 1.82. The van der Waals surface area contributed by atoms with Gasteiger partial charge >= 0.3 is 11.6 Å². The number of rotatable bonds is 6. The van der Waals surface area contributed by atoms with Crippen molar-refractivity contribution in [2.45, 2.75) is 19.5 Å². The molecule has 1 aromatic carbocycles. The first-order valence-electron chi connectivity index (χ1n) is 6.72. The molecule has 0 saturated heterocycles. The Morgan fingerprint density at radius 2 is 2.13 bits per heavy atom. The summed E-state index contributed by atoms with van der Waals surface area (Å²) in [5, 5.41) is 17.4. The fourth-order valence-electron chi connectivity index (χ4n) is 1.89. The zero-order valence-corrected chi connectivity index (χ0v) is 12.5. The SMILES string of the molecule is COc1nn(C(C)C(=O)NCc2ccc(F)cc2)cc1[N+](=O)[O-]. The first-order valence-corrected chi connectivity index (χ1v) is 6.72. The van der Waals surface area contributed by atoms with E-state index < -0.39 is 11.0 Å². The minimum atomic E-state index is -0.766. The quantitative estimate of drug-likeness (QED) is 0.646. The van der Waals surface area contributed by atoms with E-state index in [2.05, 4.69) is 10.4 Å². The van der Waals surface area contributed by atoms with Crippen LogP contribution in [0, 0.1) is 15.9 Å². The molecule has 23 heavy (non-hydrogen) atoms. The number of carbonyl (C=O) groups is 1. The Balaban J connectivity index is 2.04. The second kappa shape index (κ2) is 6.86. The largest absolute Gasteiger partial charge is 0.475 e. The van der Waals surface area contributed by atoms with E-state index >= 15 is 0 Å². The molecule has 1 N–H and O–H groups in total. The fraction of sp³-hybridized carbons (Fsp3) is 0.286. The molecule has 0 saturated carbocycles. The number of ether oxygens (including phenoxy) is 1. The molecule has 1 amide bonds. The highest BCUT2D eigenvalue weighted by molar-refractivity contribution is 5.79. The summed E-state index contributed by atoms with van der Waals surface area (Å²) in [6, 6.07) is 4.95. The number of amides is 1. The molecule has 0 aliphatic carbocycles. The number of benzene rings is 1. The Morgan fingerprint density at radius 3 is 2.65 bits per heavy atom. The molecular weight excluding hydrogens is 307 g/mol. The van der Waals surface area contributed by atoms with Crippen LogP contribution in [0.25, 0.3) is 0 Å². The molecule has 0 radical (unpaired) electrons. The summed E-state index contributed by atoms with van der Waals surface area (Å²) in [6.45, 7) is 1.76. The summed E-state index contributed by atoms with van der Waals surface area (Å²) >= 11 is 0. The number of nitrogens with zero attached hydrogens (tertiary/aromatic N) is 3. The number of nitro groups is 1. The highest BCUT2D eigenvalue weighted by atomic mass is 19.1. The summed E-state index contributed by atoms with van der Waals surface area (Å²) in [6.07, 6.45) is 1.14. The van der Waals surface area contributed by atoms with Crippen LogP contribution in [-0.2, 0) is 11.3 Å². The Morgan fingerprint density at radius 1 is 1.48 bits per heavy atom. The Hall–Kier alpha value is -2.97. The van der Waals surface area contributed by atoms with Crippen molar-refractivity contribution in [3.05, 3.63) is 52.0 Å². The van der Waals surface area contributed by atoms with Gasteiger partial charge in [-0.2, -0.15) is 0 Å². The van der Waals surface area contributed by atoms with Gasteiger partial charge in [0.25, 0.3) is 0 Å².